The van der Waals surface area contributed by atoms with E-state index in [1.54, 1.807) is 18.7 Å². The standard InChI is InChI=1S/C25H27N5O2/c1-31-21-14-18(15-22(16-21)32-2)23-17-26-30-13-10-24(28-25(23)30)27-19-6-8-20(9-7-19)29-11-4-3-5-12-29/h6-10,13-17H,3-5,11-12H2,1-2H3,(H,27,28). The van der Waals surface area contributed by atoms with Gasteiger partial charge in [-0.3, -0.25) is 0 Å². The molecule has 2 aromatic heterocycles. The van der Waals surface area contributed by atoms with Gasteiger partial charge in [0.25, 0.3) is 0 Å². The summed E-state index contributed by atoms with van der Waals surface area (Å²) in [6, 6.07) is 16.3. The smallest absolute Gasteiger partial charge is 0.165 e. The number of piperidine rings is 1. The maximum Gasteiger partial charge on any atom is 0.165 e. The first-order chi connectivity index (χ1) is 15.7. The highest BCUT2D eigenvalue weighted by molar-refractivity contribution is 5.79. The highest BCUT2D eigenvalue weighted by Crippen LogP contribution is 2.32. The van der Waals surface area contributed by atoms with Crippen LogP contribution in [0.5, 0.6) is 11.5 Å². The van der Waals surface area contributed by atoms with Gasteiger partial charge in [0.05, 0.1) is 20.4 Å². The van der Waals surface area contributed by atoms with Gasteiger partial charge in [0.15, 0.2) is 5.65 Å². The van der Waals surface area contributed by atoms with E-state index in [1.165, 1.54) is 24.9 Å². The molecule has 0 aliphatic carbocycles. The summed E-state index contributed by atoms with van der Waals surface area (Å²) in [6.07, 6.45) is 7.61. The Bertz CT molecular complexity index is 1190. The number of aromatic nitrogens is 3. The van der Waals surface area contributed by atoms with Gasteiger partial charge >= 0.3 is 0 Å². The molecule has 0 unspecified atom stereocenters. The molecular formula is C25H27N5O2. The summed E-state index contributed by atoms with van der Waals surface area (Å²) in [6.45, 7) is 2.29. The number of rotatable bonds is 6. The Morgan fingerprint density at radius 2 is 1.59 bits per heavy atom. The molecular weight excluding hydrogens is 402 g/mol. The zero-order chi connectivity index (χ0) is 21.9. The Kier molecular flexibility index (Phi) is 5.54. The minimum absolute atomic E-state index is 0.724. The third-order valence-corrected chi connectivity index (χ3v) is 5.89. The van der Waals surface area contributed by atoms with Gasteiger partial charge in [-0.1, -0.05) is 0 Å². The molecule has 7 heteroatoms. The van der Waals surface area contributed by atoms with Gasteiger partial charge in [-0.25, -0.2) is 9.50 Å². The first-order valence-corrected chi connectivity index (χ1v) is 10.9. The van der Waals surface area contributed by atoms with Crippen molar-refractivity contribution < 1.29 is 9.47 Å². The molecule has 0 amide bonds. The normalized spacial score (nSPS) is 13.9. The maximum atomic E-state index is 5.42. The summed E-state index contributed by atoms with van der Waals surface area (Å²) >= 11 is 0. The summed E-state index contributed by atoms with van der Waals surface area (Å²) in [5, 5.41) is 7.88. The average molecular weight is 430 g/mol. The predicted octanol–water partition coefficient (Wildman–Crippen LogP) is 5.15. The second-order valence-corrected chi connectivity index (χ2v) is 7.96. The second-order valence-electron chi connectivity index (χ2n) is 7.96. The molecule has 1 fully saturated rings. The molecule has 1 N–H and O–H groups in total. The van der Waals surface area contributed by atoms with Crippen molar-refractivity contribution in [1.29, 1.82) is 0 Å². The molecule has 5 rings (SSSR count). The molecule has 0 atom stereocenters. The molecule has 7 nitrogen and oxygen atoms in total. The van der Waals surface area contributed by atoms with Crippen LogP contribution in [-0.2, 0) is 0 Å². The van der Waals surface area contributed by atoms with Crippen molar-refractivity contribution in [3.8, 4) is 22.6 Å². The Hall–Kier alpha value is -3.74. The number of benzene rings is 2. The lowest BCUT2D eigenvalue weighted by Gasteiger charge is -2.28. The van der Waals surface area contributed by atoms with Crippen molar-refractivity contribution in [2.75, 3.05) is 37.5 Å². The predicted molar refractivity (Wildman–Crippen MR) is 127 cm³/mol. The summed E-state index contributed by atoms with van der Waals surface area (Å²) in [5.74, 6) is 2.21. The van der Waals surface area contributed by atoms with E-state index in [0.29, 0.717) is 0 Å². The van der Waals surface area contributed by atoms with E-state index < -0.39 is 0 Å². The summed E-state index contributed by atoms with van der Waals surface area (Å²) in [4.78, 5) is 7.28. The lowest BCUT2D eigenvalue weighted by atomic mass is 10.1. The first-order valence-electron chi connectivity index (χ1n) is 10.9. The molecule has 3 heterocycles. The van der Waals surface area contributed by atoms with Crippen LogP contribution in [0.3, 0.4) is 0 Å². The van der Waals surface area contributed by atoms with Crippen molar-refractivity contribution in [2.24, 2.45) is 0 Å². The maximum absolute atomic E-state index is 5.42. The Labute approximate surface area is 187 Å². The van der Waals surface area contributed by atoms with Crippen LogP contribution in [0, 0.1) is 0 Å². The van der Waals surface area contributed by atoms with Crippen LogP contribution >= 0.6 is 0 Å². The zero-order valence-electron chi connectivity index (χ0n) is 18.4. The monoisotopic (exact) mass is 429 g/mol. The Morgan fingerprint density at radius 3 is 2.28 bits per heavy atom. The molecule has 4 aromatic rings. The number of ether oxygens (including phenoxy) is 2. The lowest BCUT2D eigenvalue weighted by molar-refractivity contribution is 0.394. The fourth-order valence-electron chi connectivity index (χ4n) is 4.16. The molecule has 0 radical (unpaired) electrons. The lowest BCUT2D eigenvalue weighted by Crippen LogP contribution is -2.29. The van der Waals surface area contributed by atoms with Crippen molar-refractivity contribution in [3.05, 3.63) is 60.9 Å². The second kappa shape index (κ2) is 8.78. The number of fused-ring (bicyclic) bond motifs is 1. The topological polar surface area (TPSA) is 63.9 Å². The van der Waals surface area contributed by atoms with Crippen LogP contribution < -0.4 is 19.7 Å². The Balaban J connectivity index is 1.42. The van der Waals surface area contributed by atoms with Crippen molar-refractivity contribution in [3.63, 3.8) is 0 Å². The quantitative estimate of drug-likeness (QED) is 0.457. The number of anilines is 3. The van der Waals surface area contributed by atoms with E-state index in [9.17, 15) is 0 Å². The van der Waals surface area contributed by atoms with E-state index in [1.807, 2.05) is 36.7 Å². The van der Waals surface area contributed by atoms with E-state index in [4.69, 9.17) is 14.5 Å². The molecule has 32 heavy (non-hydrogen) atoms. The number of nitrogens with one attached hydrogen (secondary N) is 1. The van der Waals surface area contributed by atoms with Crippen LogP contribution in [0.4, 0.5) is 17.2 Å². The molecule has 164 valence electrons. The summed E-state index contributed by atoms with van der Waals surface area (Å²) in [7, 11) is 3.29. The molecule has 0 saturated carbocycles. The third kappa shape index (κ3) is 4.06. The molecule has 1 saturated heterocycles. The summed E-state index contributed by atoms with van der Waals surface area (Å²) in [5.41, 5.74) is 4.89. The van der Waals surface area contributed by atoms with Gasteiger partial charge in [-0.15, -0.1) is 0 Å². The van der Waals surface area contributed by atoms with Gasteiger partial charge in [0, 0.05) is 42.3 Å². The Morgan fingerprint density at radius 1 is 0.875 bits per heavy atom. The van der Waals surface area contributed by atoms with Crippen molar-refractivity contribution in [1.82, 2.24) is 14.6 Å². The minimum atomic E-state index is 0.724. The minimum Gasteiger partial charge on any atom is -0.497 e. The van der Waals surface area contributed by atoms with Crippen LogP contribution in [-0.4, -0.2) is 41.9 Å². The van der Waals surface area contributed by atoms with E-state index in [-0.39, 0.29) is 0 Å². The van der Waals surface area contributed by atoms with Crippen LogP contribution in [0.1, 0.15) is 19.3 Å². The van der Waals surface area contributed by atoms with E-state index in [2.05, 4.69) is 39.6 Å². The largest absolute Gasteiger partial charge is 0.497 e. The number of nitrogens with zero attached hydrogens (tertiary/aromatic N) is 4. The number of methoxy groups -OCH3 is 2. The van der Waals surface area contributed by atoms with Gasteiger partial charge in [0.2, 0.25) is 0 Å². The number of hydrogen-bond donors (Lipinski definition) is 1. The van der Waals surface area contributed by atoms with Gasteiger partial charge in [-0.05, 0) is 67.3 Å². The van der Waals surface area contributed by atoms with Crippen LogP contribution in [0.25, 0.3) is 16.8 Å². The molecule has 0 spiro atoms. The van der Waals surface area contributed by atoms with Crippen molar-refractivity contribution in [2.45, 2.75) is 19.3 Å². The highest BCUT2D eigenvalue weighted by atomic mass is 16.5. The zero-order valence-corrected chi connectivity index (χ0v) is 18.4. The SMILES string of the molecule is COc1cc(OC)cc(-c2cnn3ccc(Nc4ccc(N5CCCCC5)cc4)nc23)c1. The first kappa shape index (κ1) is 20.2. The van der Waals surface area contributed by atoms with Crippen LogP contribution in [0.2, 0.25) is 0 Å². The average Bonchev–Trinajstić information content (AvgIpc) is 3.28. The van der Waals surface area contributed by atoms with Gasteiger partial charge in [0.1, 0.15) is 17.3 Å². The molecule has 1 aliphatic rings. The van der Waals surface area contributed by atoms with E-state index in [0.717, 1.165) is 52.9 Å². The fourth-order valence-corrected chi connectivity index (χ4v) is 4.16. The molecule has 1 aliphatic heterocycles. The van der Waals surface area contributed by atoms with Gasteiger partial charge in [-0.2, -0.15) is 5.10 Å². The highest BCUT2D eigenvalue weighted by Gasteiger charge is 2.13. The molecule has 0 bridgehead atoms. The molecule has 2 aromatic carbocycles. The van der Waals surface area contributed by atoms with E-state index >= 15 is 0 Å². The van der Waals surface area contributed by atoms with Gasteiger partial charge < -0.3 is 19.7 Å². The van der Waals surface area contributed by atoms with Crippen LogP contribution in [0.15, 0.2) is 60.9 Å². The van der Waals surface area contributed by atoms with Crippen molar-refractivity contribution >= 4 is 22.8 Å². The summed E-state index contributed by atoms with van der Waals surface area (Å²) < 4.78 is 12.6. The third-order valence-electron chi connectivity index (χ3n) is 5.89. The fraction of sp³-hybridized carbons (Fsp3) is 0.280. The number of hydrogen-bond acceptors (Lipinski definition) is 6.